The van der Waals surface area contributed by atoms with E-state index in [1.807, 2.05) is 69.3 Å². The standard InChI is InChI=1S/C29H30N2O5S/c1-5-6-15-36-28(33)24-22(30)21(16-19-11-7-17(2)8-12-19)23-26(29(34)35-4)37-25(27(32)31(23)24)20-13-9-18(3)10-14-20/h7-14,16,25H,5-6,15,30H2,1-4H3/b21-16+/t25-/m0/s1. The lowest BCUT2D eigenvalue weighted by molar-refractivity contribution is -0.133. The van der Waals surface area contributed by atoms with Crippen LogP contribution in [0.5, 0.6) is 0 Å². The number of methoxy groups -OCH3 is 1. The number of carbonyl (C=O) groups is 3. The smallest absolute Gasteiger partial charge is 0.357 e. The highest BCUT2D eigenvalue weighted by molar-refractivity contribution is 8.10. The van der Waals surface area contributed by atoms with E-state index in [2.05, 4.69) is 0 Å². The van der Waals surface area contributed by atoms with Crippen LogP contribution in [0.2, 0.25) is 0 Å². The molecule has 0 radical (unpaired) electrons. The van der Waals surface area contributed by atoms with Gasteiger partial charge in [0.1, 0.15) is 10.2 Å². The minimum Gasteiger partial charge on any atom is -0.465 e. The van der Waals surface area contributed by atoms with E-state index in [-0.39, 0.29) is 34.1 Å². The lowest BCUT2D eigenvalue weighted by atomic mass is 10.1. The summed E-state index contributed by atoms with van der Waals surface area (Å²) in [5.74, 6) is -1.70. The van der Waals surface area contributed by atoms with E-state index in [9.17, 15) is 14.4 Å². The first-order valence-corrected chi connectivity index (χ1v) is 13.0. The average molecular weight is 519 g/mol. The van der Waals surface area contributed by atoms with E-state index in [0.717, 1.165) is 34.9 Å². The van der Waals surface area contributed by atoms with Crippen LogP contribution >= 0.6 is 11.8 Å². The largest absolute Gasteiger partial charge is 0.465 e. The molecule has 2 aromatic carbocycles. The van der Waals surface area contributed by atoms with Gasteiger partial charge in [-0.25, -0.2) is 9.59 Å². The molecule has 2 heterocycles. The Bertz CT molecular complexity index is 1470. The van der Waals surface area contributed by atoms with Gasteiger partial charge in [0.05, 0.1) is 24.8 Å². The molecule has 8 heteroatoms. The lowest BCUT2D eigenvalue weighted by Crippen LogP contribution is -2.42. The van der Waals surface area contributed by atoms with Crippen LogP contribution in [0.4, 0.5) is 5.69 Å². The highest BCUT2D eigenvalue weighted by Crippen LogP contribution is 2.39. The Hall–Kier alpha value is -3.78. The molecule has 2 N–H and O–H groups in total. The van der Waals surface area contributed by atoms with Crippen LogP contribution in [0.15, 0.2) is 48.5 Å². The van der Waals surface area contributed by atoms with Gasteiger partial charge in [0.2, 0.25) is 5.91 Å². The van der Waals surface area contributed by atoms with Crippen molar-refractivity contribution in [2.45, 2.75) is 38.9 Å². The topological polar surface area (TPSA) is 101 Å². The van der Waals surface area contributed by atoms with Crippen molar-refractivity contribution in [2.75, 3.05) is 19.5 Å². The molecule has 1 aliphatic rings. The number of nitrogens with zero attached hydrogens (tertiary/aromatic N) is 1. The highest BCUT2D eigenvalue weighted by Gasteiger charge is 2.38. The molecule has 0 amide bonds. The SMILES string of the molecule is CCCCOC(=O)c1c(N)/c(=C\c2ccc(C)cc2)c2n1C(=O)[C@H](c1ccc(C)cc1)SC=2C(=O)OC. The number of rotatable bonds is 7. The fourth-order valence-corrected chi connectivity index (χ4v) is 5.36. The van der Waals surface area contributed by atoms with Gasteiger partial charge < -0.3 is 15.2 Å². The third-order valence-corrected chi connectivity index (χ3v) is 7.51. The van der Waals surface area contributed by atoms with Gasteiger partial charge in [0, 0.05) is 5.22 Å². The molecule has 0 fully saturated rings. The maximum Gasteiger partial charge on any atom is 0.357 e. The molecule has 0 aliphatic carbocycles. The number of fused-ring (bicyclic) bond motifs is 1. The third-order valence-electron chi connectivity index (χ3n) is 6.21. The predicted octanol–water partition coefficient (Wildman–Crippen LogP) is 3.88. The summed E-state index contributed by atoms with van der Waals surface area (Å²) in [4.78, 5) is 40.5. The molecule has 0 unspecified atom stereocenters. The molecule has 1 aromatic heterocycles. The summed E-state index contributed by atoms with van der Waals surface area (Å²) in [5.41, 5.74) is 10.2. The molecule has 4 rings (SSSR count). The van der Waals surface area contributed by atoms with E-state index in [1.165, 1.54) is 11.7 Å². The Morgan fingerprint density at radius 1 is 1.03 bits per heavy atom. The highest BCUT2D eigenvalue weighted by atomic mass is 32.2. The molecule has 1 aliphatic heterocycles. The minimum atomic E-state index is -0.775. The van der Waals surface area contributed by atoms with Crippen LogP contribution in [-0.4, -0.2) is 36.1 Å². The quantitative estimate of drug-likeness (QED) is 0.374. The molecule has 192 valence electrons. The normalized spacial score (nSPS) is 15.5. The number of anilines is 1. The third kappa shape index (κ3) is 5.20. The summed E-state index contributed by atoms with van der Waals surface area (Å²) >= 11 is 1.10. The van der Waals surface area contributed by atoms with Crippen molar-refractivity contribution in [1.82, 2.24) is 4.57 Å². The van der Waals surface area contributed by atoms with Crippen molar-refractivity contribution in [3.05, 3.63) is 87.0 Å². The molecule has 0 spiro atoms. The second kappa shape index (κ2) is 11.1. The summed E-state index contributed by atoms with van der Waals surface area (Å²) in [7, 11) is 1.28. The van der Waals surface area contributed by atoms with Crippen LogP contribution < -0.4 is 16.3 Å². The number of esters is 2. The van der Waals surface area contributed by atoms with E-state index in [0.29, 0.717) is 17.2 Å². The Labute approximate surface area is 219 Å². The second-order valence-corrected chi connectivity index (χ2v) is 10.1. The van der Waals surface area contributed by atoms with E-state index in [4.69, 9.17) is 15.2 Å². The molecule has 0 saturated carbocycles. The number of thioether (sulfide) groups is 1. The Morgan fingerprint density at radius 3 is 2.24 bits per heavy atom. The van der Waals surface area contributed by atoms with Crippen molar-refractivity contribution in [2.24, 2.45) is 0 Å². The Kier molecular flexibility index (Phi) is 7.88. The van der Waals surface area contributed by atoms with Crippen LogP contribution in [0.3, 0.4) is 0 Å². The number of hydrogen-bond donors (Lipinski definition) is 1. The van der Waals surface area contributed by atoms with Gasteiger partial charge in [-0.05, 0) is 37.5 Å². The van der Waals surface area contributed by atoms with Gasteiger partial charge in [-0.3, -0.25) is 9.36 Å². The summed E-state index contributed by atoms with van der Waals surface area (Å²) < 4.78 is 11.8. The van der Waals surface area contributed by atoms with Gasteiger partial charge >= 0.3 is 11.9 Å². The molecule has 1 atom stereocenters. The van der Waals surface area contributed by atoms with Gasteiger partial charge in [-0.2, -0.15) is 0 Å². The molecule has 0 bridgehead atoms. The maximum atomic E-state index is 14.0. The zero-order valence-corrected chi connectivity index (χ0v) is 22.2. The van der Waals surface area contributed by atoms with E-state index < -0.39 is 17.2 Å². The zero-order valence-electron chi connectivity index (χ0n) is 21.4. The minimum absolute atomic E-state index is 0.0757. The number of nitrogens with two attached hydrogens (primary N) is 1. The molecule has 7 nitrogen and oxygen atoms in total. The molecule has 37 heavy (non-hydrogen) atoms. The summed E-state index contributed by atoms with van der Waals surface area (Å²) in [6.07, 6.45) is 3.29. The van der Waals surface area contributed by atoms with Crippen molar-refractivity contribution < 1.29 is 23.9 Å². The van der Waals surface area contributed by atoms with Crippen LogP contribution in [0, 0.1) is 13.8 Å². The van der Waals surface area contributed by atoms with Crippen molar-refractivity contribution in [3.8, 4) is 0 Å². The first-order chi connectivity index (χ1) is 17.8. The van der Waals surface area contributed by atoms with Crippen LogP contribution in [0.25, 0.3) is 11.0 Å². The fourth-order valence-electron chi connectivity index (χ4n) is 4.14. The van der Waals surface area contributed by atoms with Gasteiger partial charge in [-0.15, -0.1) is 0 Å². The van der Waals surface area contributed by atoms with E-state index in [1.54, 1.807) is 6.08 Å². The lowest BCUT2D eigenvalue weighted by Gasteiger charge is -2.23. The number of ether oxygens (including phenoxy) is 2. The Morgan fingerprint density at radius 2 is 1.65 bits per heavy atom. The molecule has 0 saturated heterocycles. The fraction of sp³-hybridized carbons (Fsp3) is 0.276. The van der Waals surface area contributed by atoms with Gasteiger partial charge in [-0.1, -0.05) is 84.8 Å². The summed E-state index contributed by atoms with van der Waals surface area (Å²) in [5, 5.41) is -0.135. The number of benzene rings is 2. The monoisotopic (exact) mass is 518 g/mol. The van der Waals surface area contributed by atoms with Crippen molar-refractivity contribution in [3.63, 3.8) is 0 Å². The summed E-state index contributed by atoms with van der Waals surface area (Å²) in [6.45, 7) is 6.12. The first-order valence-electron chi connectivity index (χ1n) is 12.1. The number of nitrogen functional groups attached to an aromatic ring is 1. The maximum absolute atomic E-state index is 14.0. The van der Waals surface area contributed by atoms with Crippen molar-refractivity contribution >= 4 is 46.3 Å². The first kappa shape index (κ1) is 26.3. The zero-order chi connectivity index (χ0) is 26.7. The number of aryl methyl sites for hydroxylation is 2. The molecular formula is C29H30N2O5S. The molecular weight excluding hydrogens is 488 g/mol. The van der Waals surface area contributed by atoms with Crippen LogP contribution in [0.1, 0.15) is 62.6 Å². The van der Waals surface area contributed by atoms with E-state index >= 15 is 0 Å². The number of aromatic nitrogens is 1. The van der Waals surface area contributed by atoms with Crippen LogP contribution in [-0.2, 0) is 14.3 Å². The predicted molar refractivity (Wildman–Crippen MR) is 146 cm³/mol. The average Bonchev–Trinajstić information content (AvgIpc) is 3.18. The number of unbranched alkanes of at least 4 members (excludes halogenated alkanes) is 1. The van der Waals surface area contributed by atoms with Crippen molar-refractivity contribution in [1.29, 1.82) is 0 Å². The van der Waals surface area contributed by atoms with Gasteiger partial charge in [0.15, 0.2) is 5.69 Å². The molecule has 3 aromatic rings. The number of carbonyl (C=O) groups excluding carboxylic acids is 3. The van der Waals surface area contributed by atoms with Gasteiger partial charge in [0.25, 0.3) is 0 Å². The Balaban J connectivity index is 2.03. The number of hydrogen-bond acceptors (Lipinski definition) is 7. The summed E-state index contributed by atoms with van der Waals surface area (Å²) in [6, 6.07) is 15.2. The second-order valence-electron chi connectivity index (χ2n) is 8.97.